The molecule has 5 aromatic rings. The fourth-order valence-electron chi connectivity index (χ4n) is 7.63. The van der Waals surface area contributed by atoms with Crippen molar-refractivity contribution in [1.29, 1.82) is 0 Å². The van der Waals surface area contributed by atoms with E-state index < -0.39 is 11.2 Å². The average Bonchev–Trinajstić information content (AvgIpc) is 3.76. The van der Waals surface area contributed by atoms with Gasteiger partial charge < -0.3 is 14.8 Å². The molecule has 3 aromatic heterocycles. The highest BCUT2D eigenvalue weighted by atomic mass is 35.5. The Kier molecular flexibility index (Phi) is 9.28. The van der Waals surface area contributed by atoms with Gasteiger partial charge in [0, 0.05) is 61.1 Å². The molecule has 0 radical (unpaired) electrons. The zero-order chi connectivity index (χ0) is 35.3. The number of carbonyl (C=O) groups is 1. The SMILES string of the molecule is COc1nc(-c2cccc(-c3cccc(Nc4nc(C)cc5c4c(=O)n(C)c(=O)n5C)c3Cl)c2Cl)cc2c1[C@@H](N1CCC(CCC=O)C1)CC2. The third kappa shape index (κ3) is 5.89. The van der Waals surface area contributed by atoms with E-state index in [9.17, 15) is 14.4 Å². The van der Waals surface area contributed by atoms with Gasteiger partial charge in [0.25, 0.3) is 5.56 Å². The van der Waals surface area contributed by atoms with Gasteiger partial charge in [0.2, 0.25) is 5.88 Å². The normalized spacial score (nSPS) is 17.3. The number of rotatable bonds is 9. The molecule has 1 saturated heterocycles. The van der Waals surface area contributed by atoms with E-state index in [1.54, 1.807) is 33.2 Å². The van der Waals surface area contributed by atoms with Crippen molar-refractivity contribution in [3.8, 4) is 28.3 Å². The number of anilines is 2. The summed E-state index contributed by atoms with van der Waals surface area (Å²) in [4.78, 5) is 48.9. The van der Waals surface area contributed by atoms with E-state index >= 15 is 0 Å². The van der Waals surface area contributed by atoms with Gasteiger partial charge in [-0.05, 0) is 68.8 Å². The first-order valence-electron chi connectivity index (χ1n) is 16.8. The minimum Gasteiger partial charge on any atom is -0.481 e. The second-order valence-electron chi connectivity index (χ2n) is 13.2. The Bertz CT molecular complexity index is 2280. The van der Waals surface area contributed by atoms with Crippen LogP contribution >= 0.6 is 23.2 Å². The Morgan fingerprint density at radius 1 is 0.980 bits per heavy atom. The van der Waals surface area contributed by atoms with Crippen LogP contribution in [0.25, 0.3) is 33.3 Å². The lowest BCUT2D eigenvalue weighted by Gasteiger charge is -2.26. The van der Waals surface area contributed by atoms with Gasteiger partial charge in [-0.15, -0.1) is 0 Å². The van der Waals surface area contributed by atoms with Crippen LogP contribution in [0.15, 0.2) is 58.1 Å². The molecule has 12 heteroatoms. The van der Waals surface area contributed by atoms with E-state index in [1.807, 2.05) is 30.3 Å². The van der Waals surface area contributed by atoms with E-state index in [0.717, 1.165) is 72.0 Å². The monoisotopic (exact) mass is 712 g/mol. The molecule has 0 spiro atoms. The number of ether oxygens (including phenoxy) is 1. The lowest BCUT2D eigenvalue weighted by molar-refractivity contribution is -0.108. The molecule has 0 bridgehead atoms. The number of hydrogen-bond acceptors (Lipinski definition) is 8. The number of carbonyl (C=O) groups excluding carboxylic acids is 1. The maximum absolute atomic E-state index is 13.3. The molecule has 258 valence electrons. The summed E-state index contributed by atoms with van der Waals surface area (Å²) in [6, 6.07) is 15.4. The Morgan fingerprint density at radius 2 is 1.72 bits per heavy atom. The van der Waals surface area contributed by atoms with Crippen molar-refractivity contribution in [2.75, 3.05) is 25.5 Å². The molecule has 10 nitrogen and oxygen atoms in total. The first-order chi connectivity index (χ1) is 24.1. The summed E-state index contributed by atoms with van der Waals surface area (Å²) in [5.41, 5.74) is 6.00. The number of pyridine rings is 2. The maximum atomic E-state index is 13.3. The summed E-state index contributed by atoms with van der Waals surface area (Å²) in [5, 5.41) is 4.44. The Labute approximate surface area is 299 Å². The number of nitrogens with zero attached hydrogens (tertiary/aromatic N) is 5. The van der Waals surface area contributed by atoms with Crippen molar-refractivity contribution in [3.63, 3.8) is 0 Å². The van der Waals surface area contributed by atoms with Crippen LogP contribution in [0.4, 0.5) is 11.5 Å². The topological polar surface area (TPSA) is 111 Å². The van der Waals surface area contributed by atoms with Crippen LogP contribution in [0.3, 0.4) is 0 Å². The molecule has 1 N–H and O–H groups in total. The third-order valence-electron chi connectivity index (χ3n) is 10.2. The zero-order valence-electron chi connectivity index (χ0n) is 28.4. The second-order valence-corrected chi connectivity index (χ2v) is 14.0. The van der Waals surface area contributed by atoms with Gasteiger partial charge in [0.05, 0.1) is 34.1 Å². The summed E-state index contributed by atoms with van der Waals surface area (Å²) >= 11 is 14.3. The van der Waals surface area contributed by atoms with Crippen molar-refractivity contribution < 1.29 is 9.53 Å². The van der Waals surface area contributed by atoms with Gasteiger partial charge in [-0.25, -0.2) is 14.8 Å². The van der Waals surface area contributed by atoms with Gasteiger partial charge in [-0.2, -0.15) is 0 Å². The van der Waals surface area contributed by atoms with Crippen LogP contribution in [-0.2, 0) is 25.3 Å². The van der Waals surface area contributed by atoms with Gasteiger partial charge >= 0.3 is 5.69 Å². The third-order valence-corrected chi connectivity index (χ3v) is 11.0. The molecule has 1 fully saturated rings. The van der Waals surface area contributed by atoms with Crippen molar-refractivity contribution >= 4 is 51.9 Å². The quantitative estimate of drug-likeness (QED) is 0.162. The molecule has 1 unspecified atom stereocenters. The predicted molar refractivity (Wildman–Crippen MR) is 198 cm³/mol. The number of methoxy groups -OCH3 is 1. The zero-order valence-corrected chi connectivity index (χ0v) is 29.9. The van der Waals surface area contributed by atoms with Crippen molar-refractivity contribution in [1.82, 2.24) is 24.0 Å². The molecule has 7 rings (SSSR count). The number of fused-ring (bicyclic) bond motifs is 2. The lowest BCUT2D eigenvalue weighted by Crippen LogP contribution is -2.37. The Morgan fingerprint density at radius 3 is 2.48 bits per heavy atom. The molecule has 0 amide bonds. The molecule has 2 atom stereocenters. The van der Waals surface area contributed by atoms with E-state index in [-0.39, 0.29) is 11.4 Å². The Hall–Kier alpha value is -4.51. The number of aromatic nitrogens is 4. The van der Waals surface area contributed by atoms with Crippen LogP contribution in [0, 0.1) is 12.8 Å². The fraction of sp³-hybridized carbons (Fsp3) is 0.342. The molecule has 1 aliphatic heterocycles. The summed E-state index contributed by atoms with van der Waals surface area (Å²) in [6.45, 7) is 3.79. The van der Waals surface area contributed by atoms with E-state index in [0.29, 0.717) is 56.5 Å². The summed E-state index contributed by atoms with van der Waals surface area (Å²) in [5.74, 6) is 1.45. The van der Waals surface area contributed by atoms with Gasteiger partial charge in [0.1, 0.15) is 17.5 Å². The van der Waals surface area contributed by atoms with E-state index in [1.165, 1.54) is 17.2 Å². The van der Waals surface area contributed by atoms with Crippen LogP contribution in [0.5, 0.6) is 5.88 Å². The van der Waals surface area contributed by atoms with Crippen LogP contribution in [-0.4, -0.2) is 50.5 Å². The van der Waals surface area contributed by atoms with Gasteiger partial charge in [-0.1, -0.05) is 53.5 Å². The molecule has 2 aromatic carbocycles. The Balaban J connectivity index is 1.23. The molecule has 0 saturated carbocycles. The van der Waals surface area contributed by atoms with Gasteiger partial charge in [-0.3, -0.25) is 18.8 Å². The maximum Gasteiger partial charge on any atom is 0.330 e. The molecular weight excluding hydrogens is 675 g/mol. The fourth-order valence-corrected chi connectivity index (χ4v) is 8.23. The number of benzene rings is 2. The van der Waals surface area contributed by atoms with Crippen LogP contribution in [0.1, 0.15) is 48.5 Å². The number of aryl methyl sites for hydroxylation is 3. The highest BCUT2D eigenvalue weighted by Crippen LogP contribution is 2.46. The minimum atomic E-state index is -0.455. The molecular formula is C38H38Cl2N6O4. The summed E-state index contributed by atoms with van der Waals surface area (Å²) in [6.07, 6.45) is 5.58. The van der Waals surface area contributed by atoms with Crippen LogP contribution in [0.2, 0.25) is 10.0 Å². The number of hydrogen-bond donors (Lipinski definition) is 1. The smallest absolute Gasteiger partial charge is 0.330 e. The van der Waals surface area contributed by atoms with Crippen molar-refractivity contribution in [2.45, 2.75) is 45.1 Å². The first kappa shape index (κ1) is 34.0. The number of aldehydes is 1. The predicted octanol–water partition coefficient (Wildman–Crippen LogP) is 7.02. The molecule has 50 heavy (non-hydrogen) atoms. The number of likely N-dealkylation sites (tertiary alicyclic amines) is 1. The first-order valence-corrected chi connectivity index (χ1v) is 17.5. The summed E-state index contributed by atoms with van der Waals surface area (Å²) in [7, 11) is 4.74. The van der Waals surface area contributed by atoms with Crippen LogP contribution < -0.4 is 21.3 Å². The number of nitrogens with one attached hydrogen (secondary N) is 1. The standard InChI is InChI=1S/C38H38Cl2N6O4/c1-21-18-30-32(37(48)45(3)38(49)44(30)2)35(41-21)42-27-12-6-10-25(34(27)40)24-9-5-11-26(33(24)39)28-19-23-13-14-29(31(23)36(43-28)50-4)46-16-15-22(20-46)8-7-17-47/h5-6,9-12,17-19,22,29H,7-8,13-16,20H2,1-4H3,(H,41,42)/t22?,29-/m0/s1. The van der Waals surface area contributed by atoms with E-state index in [2.05, 4.69) is 21.3 Å². The average molecular weight is 714 g/mol. The van der Waals surface area contributed by atoms with Gasteiger partial charge in [0.15, 0.2) is 0 Å². The lowest BCUT2D eigenvalue weighted by atomic mass is 9.99. The minimum absolute atomic E-state index is 0.240. The van der Waals surface area contributed by atoms with Crippen molar-refractivity contribution in [2.24, 2.45) is 20.0 Å². The van der Waals surface area contributed by atoms with E-state index in [4.69, 9.17) is 32.9 Å². The summed E-state index contributed by atoms with van der Waals surface area (Å²) < 4.78 is 8.41. The molecule has 2 aliphatic rings. The molecule has 1 aliphatic carbocycles. The largest absolute Gasteiger partial charge is 0.481 e. The van der Waals surface area contributed by atoms with Crippen molar-refractivity contribution in [3.05, 3.63) is 96.2 Å². The second kappa shape index (κ2) is 13.7. The highest BCUT2D eigenvalue weighted by Gasteiger charge is 2.36. The highest BCUT2D eigenvalue weighted by molar-refractivity contribution is 6.39. The molecule has 4 heterocycles. The number of halogens is 2.